The van der Waals surface area contributed by atoms with E-state index >= 15 is 0 Å². The van der Waals surface area contributed by atoms with E-state index in [0.29, 0.717) is 5.82 Å². The quantitative estimate of drug-likeness (QED) is 0.426. The van der Waals surface area contributed by atoms with Gasteiger partial charge in [0.05, 0.1) is 6.04 Å². The topological polar surface area (TPSA) is 163 Å². The summed E-state index contributed by atoms with van der Waals surface area (Å²) >= 11 is 0. The van der Waals surface area contributed by atoms with Crippen LogP contribution in [0.4, 0.5) is 4.79 Å². The van der Waals surface area contributed by atoms with Crippen LogP contribution in [0, 0.1) is 0 Å². The molecule has 0 aliphatic rings. The first-order chi connectivity index (χ1) is 9.40. The number of carboxylic acid groups (broad SMARTS) is 1. The lowest BCUT2D eigenvalue weighted by Gasteiger charge is -2.16. The number of carboxylic acids is 1. The average Bonchev–Trinajstić information content (AvgIpc) is 2.87. The zero-order chi connectivity index (χ0) is 15.1. The lowest BCUT2D eigenvalue weighted by molar-refractivity contribution is -0.139. The van der Waals surface area contributed by atoms with Gasteiger partial charge in [0.15, 0.2) is 0 Å². The van der Waals surface area contributed by atoms with Crippen molar-refractivity contribution in [1.82, 2.24) is 25.8 Å². The summed E-state index contributed by atoms with van der Waals surface area (Å²) in [6.07, 6.45) is 1.09. The van der Waals surface area contributed by atoms with Crippen LogP contribution in [0.25, 0.3) is 0 Å². The van der Waals surface area contributed by atoms with Crippen LogP contribution in [0.5, 0.6) is 0 Å². The molecule has 20 heavy (non-hydrogen) atoms. The third-order valence-electron chi connectivity index (χ3n) is 2.47. The SMILES string of the molecule is CC(NC(=O)N[C@H](CCC(N)=O)C(=O)O)c1ncn[nH]1. The minimum atomic E-state index is -1.24. The smallest absolute Gasteiger partial charge is 0.326 e. The largest absolute Gasteiger partial charge is 0.480 e. The predicted octanol–water partition coefficient (Wildman–Crippen LogP) is -1.12. The molecule has 0 saturated carbocycles. The fourth-order valence-corrected chi connectivity index (χ4v) is 1.43. The third kappa shape index (κ3) is 4.92. The monoisotopic (exact) mass is 284 g/mol. The number of rotatable bonds is 7. The molecule has 10 nitrogen and oxygen atoms in total. The van der Waals surface area contributed by atoms with Gasteiger partial charge in [-0.25, -0.2) is 14.6 Å². The van der Waals surface area contributed by atoms with Gasteiger partial charge in [0.1, 0.15) is 18.2 Å². The Labute approximate surface area is 114 Å². The van der Waals surface area contributed by atoms with Gasteiger partial charge in [-0.1, -0.05) is 0 Å². The Hall–Kier alpha value is -2.65. The van der Waals surface area contributed by atoms with Gasteiger partial charge >= 0.3 is 12.0 Å². The highest BCUT2D eigenvalue weighted by molar-refractivity contribution is 5.83. The van der Waals surface area contributed by atoms with Crippen molar-refractivity contribution in [1.29, 1.82) is 0 Å². The van der Waals surface area contributed by atoms with Crippen LogP contribution >= 0.6 is 0 Å². The molecular formula is C10H16N6O4. The number of nitrogens with zero attached hydrogens (tertiary/aromatic N) is 2. The van der Waals surface area contributed by atoms with E-state index in [1.54, 1.807) is 6.92 Å². The Morgan fingerprint density at radius 3 is 2.65 bits per heavy atom. The number of amides is 3. The Morgan fingerprint density at radius 1 is 1.45 bits per heavy atom. The minimum absolute atomic E-state index is 0.0746. The maximum atomic E-state index is 11.6. The molecule has 0 bridgehead atoms. The van der Waals surface area contributed by atoms with E-state index < -0.39 is 30.0 Å². The molecule has 0 fully saturated rings. The number of nitrogens with one attached hydrogen (secondary N) is 3. The molecule has 1 aromatic rings. The first kappa shape index (κ1) is 15.4. The van der Waals surface area contributed by atoms with E-state index in [1.807, 2.05) is 0 Å². The van der Waals surface area contributed by atoms with Crippen molar-refractivity contribution < 1.29 is 19.5 Å². The molecule has 6 N–H and O–H groups in total. The van der Waals surface area contributed by atoms with Gasteiger partial charge in [0.2, 0.25) is 5.91 Å². The zero-order valence-corrected chi connectivity index (χ0v) is 10.8. The number of hydrogen-bond donors (Lipinski definition) is 5. The summed E-state index contributed by atoms with van der Waals surface area (Å²) in [5.41, 5.74) is 4.94. The van der Waals surface area contributed by atoms with Crippen LogP contribution in [0.2, 0.25) is 0 Å². The van der Waals surface area contributed by atoms with Gasteiger partial charge in [-0.2, -0.15) is 5.10 Å². The molecule has 3 amide bonds. The summed E-state index contributed by atoms with van der Waals surface area (Å²) in [5.74, 6) is -1.44. The second kappa shape index (κ2) is 7.07. The standard InChI is InChI=1S/C10H16N6O4/c1-5(8-12-4-13-16-8)14-10(20)15-6(9(18)19)2-3-7(11)17/h4-6H,2-3H2,1H3,(H2,11,17)(H,18,19)(H,12,13,16)(H2,14,15,20)/t5?,6-/m1/s1. The van der Waals surface area contributed by atoms with Gasteiger partial charge in [-0.15, -0.1) is 0 Å². The molecular weight excluding hydrogens is 268 g/mol. The van der Waals surface area contributed by atoms with Gasteiger partial charge in [-0.05, 0) is 13.3 Å². The molecule has 0 aliphatic carbocycles. The summed E-state index contributed by atoms with van der Waals surface area (Å²) in [7, 11) is 0. The number of primary amides is 1. The predicted molar refractivity (Wildman–Crippen MR) is 66.3 cm³/mol. The van der Waals surface area contributed by atoms with Crippen LogP contribution in [0.1, 0.15) is 31.6 Å². The van der Waals surface area contributed by atoms with E-state index in [0.717, 1.165) is 0 Å². The summed E-state index contributed by atoms with van der Waals surface area (Å²) in [5, 5.41) is 19.9. The number of hydrogen-bond acceptors (Lipinski definition) is 5. The molecule has 110 valence electrons. The highest BCUT2D eigenvalue weighted by Gasteiger charge is 2.21. The number of carbonyl (C=O) groups excluding carboxylic acids is 2. The Balaban J connectivity index is 2.49. The Morgan fingerprint density at radius 2 is 2.15 bits per heavy atom. The van der Waals surface area contributed by atoms with E-state index in [9.17, 15) is 14.4 Å². The lowest BCUT2D eigenvalue weighted by atomic mass is 10.1. The fourth-order valence-electron chi connectivity index (χ4n) is 1.43. The van der Waals surface area contributed by atoms with E-state index in [1.165, 1.54) is 6.33 Å². The molecule has 0 aromatic carbocycles. The van der Waals surface area contributed by atoms with Crippen molar-refractivity contribution >= 4 is 17.9 Å². The number of H-pyrrole nitrogens is 1. The van der Waals surface area contributed by atoms with Gasteiger partial charge in [-0.3, -0.25) is 9.89 Å². The molecule has 1 heterocycles. The first-order valence-electron chi connectivity index (χ1n) is 5.83. The molecule has 0 saturated heterocycles. The van der Waals surface area contributed by atoms with E-state index in [-0.39, 0.29) is 12.8 Å². The molecule has 10 heteroatoms. The van der Waals surface area contributed by atoms with Crippen molar-refractivity contribution in [3.05, 3.63) is 12.2 Å². The molecule has 2 atom stereocenters. The Bertz CT molecular complexity index is 474. The van der Waals surface area contributed by atoms with E-state index in [4.69, 9.17) is 10.8 Å². The van der Waals surface area contributed by atoms with Gasteiger partial charge < -0.3 is 21.5 Å². The third-order valence-corrected chi connectivity index (χ3v) is 2.47. The summed E-state index contributed by atoms with van der Waals surface area (Å²) < 4.78 is 0. The minimum Gasteiger partial charge on any atom is -0.480 e. The molecule has 1 unspecified atom stereocenters. The van der Waals surface area contributed by atoms with Crippen LogP contribution in [0.3, 0.4) is 0 Å². The van der Waals surface area contributed by atoms with Crippen LogP contribution in [-0.2, 0) is 9.59 Å². The maximum absolute atomic E-state index is 11.6. The zero-order valence-electron chi connectivity index (χ0n) is 10.8. The van der Waals surface area contributed by atoms with Crippen molar-refractivity contribution in [3.63, 3.8) is 0 Å². The summed E-state index contributed by atoms with van der Waals surface area (Å²) in [6.45, 7) is 1.65. The van der Waals surface area contributed by atoms with Crippen molar-refractivity contribution in [2.24, 2.45) is 5.73 Å². The molecule has 0 spiro atoms. The van der Waals surface area contributed by atoms with Gasteiger partial charge in [0.25, 0.3) is 0 Å². The van der Waals surface area contributed by atoms with Gasteiger partial charge in [0, 0.05) is 6.42 Å². The highest BCUT2D eigenvalue weighted by atomic mass is 16.4. The van der Waals surface area contributed by atoms with Crippen LogP contribution in [0.15, 0.2) is 6.33 Å². The second-order valence-corrected chi connectivity index (χ2v) is 4.11. The normalized spacial score (nSPS) is 13.2. The van der Waals surface area contributed by atoms with Crippen molar-refractivity contribution in [3.8, 4) is 0 Å². The molecule has 0 aliphatic heterocycles. The van der Waals surface area contributed by atoms with Crippen LogP contribution < -0.4 is 16.4 Å². The maximum Gasteiger partial charge on any atom is 0.326 e. The number of nitrogens with two attached hydrogens (primary N) is 1. The highest BCUT2D eigenvalue weighted by Crippen LogP contribution is 2.04. The summed E-state index contributed by atoms with van der Waals surface area (Å²) in [6, 6.07) is -2.35. The van der Waals surface area contributed by atoms with E-state index in [2.05, 4.69) is 25.8 Å². The molecule has 0 radical (unpaired) electrons. The molecule has 1 aromatic heterocycles. The fraction of sp³-hybridized carbons (Fsp3) is 0.500. The second-order valence-electron chi connectivity index (χ2n) is 4.11. The van der Waals surface area contributed by atoms with Crippen molar-refractivity contribution in [2.45, 2.75) is 31.8 Å². The van der Waals surface area contributed by atoms with Crippen molar-refractivity contribution in [2.75, 3.05) is 0 Å². The number of urea groups is 1. The van der Waals surface area contributed by atoms with Crippen LogP contribution in [-0.4, -0.2) is 44.2 Å². The summed E-state index contributed by atoms with van der Waals surface area (Å²) in [4.78, 5) is 37.1. The average molecular weight is 284 g/mol. The number of aliphatic carboxylic acids is 1. The number of aromatic nitrogens is 3. The lowest BCUT2D eigenvalue weighted by Crippen LogP contribution is -2.47. The number of carbonyl (C=O) groups is 3. The number of aromatic amines is 1. The molecule has 1 rings (SSSR count). The first-order valence-corrected chi connectivity index (χ1v) is 5.83. The Kier molecular flexibility index (Phi) is 5.44.